The number of hydrogen-bond donors (Lipinski definition) is 0. The first-order valence-corrected chi connectivity index (χ1v) is 5.87. The summed E-state index contributed by atoms with van der Waals surface area (Å²) in [6.07, 6.45) is -0.926. The van der Waals surface area contributed by atoms with Crippen molar-refractivity contribution in [3.8, 4) is 0 Å². The third kappa shape index (κ3) is 6.54. The number of Topliss-reactive ketones (excluding diaryl/α,β-unsaturated/α-hetero) is 1. The number of ether oxygens (including phenoxy) is 3. The van der Waals surface area contributed by atoms with Gasteiger partial charge in [-0.3, -0.25) is 19.2 Å². The normalized spacial score (nSPS) is 11.3. The highest BCUT2D eigenvalue weighted by molar-refractivity contribution is 6.02. The Kier molecular flexibility index (Phi) is 8.15. The molecule has 1 unspecified atom stereocenters. The van der Waals surface area contributed by atoms with Crippen LogP contribution in [0.2, 0.25) is 0 Å². The molecule has 0 spiro atoms. The second kappa shape index (κ2) is 9.07. The molecule has 19 heavy (non-hydrogen) atoms. The molecule has 0 aliphatic carbocycles. The number of hydrogen-bond acceptors (Lipinski definition) is 7. The Morgan fingerprint density at radius 1 is 0.947 bits per heavy atom. The van der Waals surface area contributed by atoms with Crippen molar-refractivity contribution in [2.75, 3.05) is 20.3 Å². The van der Waals surface area contributed by atoms with Crippen molar-refractivity contribution in [3.05, 3.63) is 0 Å². The summed E-state index contributed by atoms with van der Waals surface area (Å²) in [5.41, 5.74) is 0. The first-order valence-electron chi connectivity index (χ1n) is 5.87. The Hall–Kier alpha value is -1.92. The van der Waals surface area contributed by atoms with E-state index >= 15 is 0 Å². The molecule has 0 rings (SSSR count). The molecule has 0 aromatic rings. The molecule has 7 nitrogen and oxygen atoms in total. The number of rotatable bonds is 8. The number of carbonyl (C=O) groups is 4. The molecule has 0 aliphatic rings. The van der Waals surface area contributed by atoms with E-state index in [0.717, 1.165) is 7.11 Å². The van der Waals surface area contributed by atoms with E-state index in [9.17, 15) is 19.2 Å². The monoisotopic (exact) mass is 274 g/mol. The van der Waals surface area contributed by atoms with Crippen LogP contribution in [0.15, 0.2) is 0 Å². The lowest BCUT2D eigenvalue weighted by Crippen LogP contribution is -2.30. The van der Waals surface area contributed by atoms with Gasteiger partial charge < -0.3 is 14.2 Å². The van der Waals surface area contributed by atoms with E-state index in [0.29, 0.717) is 0 Å². The lowest BCUT2D eigenvalue weighted by Gasteiger charge is -2.12. The number of ketones is 1. The van der Waals surface area contributed by atoms with Crippen LogP contribution in [0.4, 0.5) is 0 Å². The maximum absolute atomic E-state index is 11.6. The van der Waals surface area contributed by atoms with Gasteiger partial charge in [-0.1, -0.05) is 0 Å². The fraction of sp³-hybridized carbons (Fsp3) is 0.667. The Bertz CT molecular complexity index is 348. The molecule has 0 aromatic carbocycles. The zero-order valence-corrected chi connectivity index (χ0v) is 11.3. The number of esters is 3. The first kappa shape index (κ1) is 17.1. The largest absolute Gasteiger partial charge is 0.468 e. The van der Waals surface area contributed by atoms with Crippen LogP contribution in [0.5, 0.6) is 0 Å². The van der Waals surface area contributed by atoms with Crippen LogP contribution >= 0.6 is 0 Å². The molecular formula is C12H18O7. The van der Waals surface area contributed by atoms with Gasteiger partial charge in [0.25, 0.3) is 0 Å². The van der Waals surface area contributed by atoms with Crippen LogP contribution in [0, 0.1) is 5.92 Å². The van der Waals surface area contributed by atoms with Crippen molar-refractivity contribution in [2.45, 2.75) is 26.7 Å². The summed E-state index contributed by atoms with van der Waals surface area (Å²) >= 11 is 0. The van der Waals surface area contributed by atoms with Gasteiger partial charge in [-0.05, 0) is 13.8 Å². The van der Waals surface area contributed by atoms with Crippen molar-refractivity contribution in [2.24, 2.45) is 5.92 Å². The molecular weight excluding hydrogens is 256 g/mol. The van der Waals surface area contributed by atoms with E-state index in [-0.39, 0.29) is 13.2 Å². The summed E-state index contributed by atoms with van der Waals surface area (Å²) in [5.74, 6) is -4.32. The van der Waals surface area contributed by atoms with Gasteiger partial charge in [-0.25, -0.2) is 0 Å². The Morgan fingerprint density at radius 2 is 1.53 bits per heavy atom. The van der Waals surface area contributed by atoms with Gasteiger partial charge in [0.1, 0.15) is 12.2 Å². The molecule has 0 saturated heterocycles. The quantitative estimate of drug-likeness (QED) is 0.355. The summed E-state index contributed by atoms with van der Waals surface area (Å²) in [5, 5.41) is 0. The van der Waals surface area contributed by atoms with Crippen LogP contribution in [-0.2, 0) is 33.4 Å². The van der Waals surface area contributed by atoms with E-state index in [1.807, 2.05) is 0 Å². The van der Waals surface area contributed by atoms with Crippen molar-refractivity contribution in [3.63, 3.8) is 0 Å². The Morgan fingerprint density at radius 3 is 2.00 bits per heavy atom. The predicted octanol–water partition coefficient (Wildman–Crippen LogP) is 0.251. The van der Waals surface area contributed by atoms with E-state index in [1.54, 1.807) is 13.8 Å². The Labute approximate surface area is 111 Å². The van der Waals surface area contributed by atoms with Crippen LogP contribution in [0.1, 0.15) is 26.7 Å². The fourth-order valence-corrected chi connectivity index (χ4v) is 1.32. The third-order valence-electron chi connectivity index (χ3n) is 2.14. The van der Waals surface area contributed by atoms with Crippen molar-refractivity contribution >= 4 is 23.7 Å². The standard InChI is InChI=1S/C12H18O7/c1-4-18-10(14)7-8(13)6-9(11(15)17-3)12(16)19-5-2/h9H,4-7H2,1-3H3. The molecule has 0 fully saturated rings. The molecule has 0 saturated carbocycles. The van der Waals surface area contributed by atoms with Gasteiger partial charge in [0, 0.05) is 6.42 Å². The van der Waals surface area contributed by atoms with Gasteiger partial charge >= 0.3 is 17.9 Å². The maximum Gasteiger partial charge on any atom is 0.320 e. The molecule has 0 bridgehead atoms. The minimum absolute atomic E-state index is 0.0817. The minimum Gasteiger partial charge on any atom is -0.468 e. The van der Waals surface area contributed by atoms with Gasteiger partial charge in [-0.2, -0.15) is 0 Å². The summed E-state index contributed by atoms with van der Waals surface area (Å²) in [6, 6.07) is 0. The topological polar surface area (TPSA) is 96.0 Å². The van der Waals surface area contributed by atoms with E-state index in [2.05, 4.69) is 14.2 Å². The fourth-order valence-electron chi connectivity index (χ4n) is 1.32. The Balaban J connectivity index is 4.55. The van der Waals surface area contributed by atoms with Gasteiger partial charge in [0.2, 0.25) is 0 Å². The summed E-state index contributed by atoms with van der Waals surface area (Å²) < 4.78 is 13.7. The molecule has 108 valence electrons. The number of methoxy groups -OCH3 is 1. The smallest absolute Gasteiger partial charge is 0.320 e. The van der Waals surface area contributed by atoms with Crippen molar-refractivity contribution < 1.29 is 33.4 Å². The number of carbonyl (C=O) groups excluding carboxylic acids is 4. The van der Waals surface area contributed by atoms with E-state index < -0.39 is 42.5 Å². The highest BCUT2D eigenvalue weighted by Crippen LogP contribution is 2.11. The lowest BCUT2D eigenvalue weighted by atomic mass is 10.0. The lowest BCUT2D eigenvalue weighted by molar-refractivity contribution is -0.162. The van der Waals surface area contributed by atoms with Gasteiger partial charge in [0.15, 0.2) is 5.92 Å². The highest BCUT2D eigenvalue weighted by atomic mass is 16.5. The maximum atomic E-state index is 11.6. The summed E-state index contributed by atoms with van der Waals surface area (Å²) in [7, 11) is 1.10. The summed E-state index contributed by atoms with van der Waals surface area (Å²) in [4.78, 5) is 45.5. The molecule has 0 aliphatic heterocycles. The zero-order chi connectivity index (χ0) is 14.8. The van der Waals surface area contributed by atoms with Crippen LogP contribution in [-0.4, -0.2) is 44.0 Å². The van der Waals surface area contributed by atoms with E-state index in [1.165, 1.54) is 0 Å². The minimum atomic E-state index is -1.34. The molecule has 0 amide bonds. The molecule has 7 heteroatoms. The SMILES string of the molecule is CCOC(=O)CC(=O)CC(C(=O)OC)C(=O)OCC. The molecule has 0 aromatic heterocycles. The second-order valence-corrected chi connectivity index (χ2v) is 3.55. The second-order valence-electron chi connectivity index (χ2n) is 3.55. The van der Waals surface area contributed by atoms with Gasteiger partial charge in [0.05, 0.1) is 20.3 Å². The van der Waals surface area contributed by atoms with Crippen LogP contribution in [0.3, 0.4) is 0 Å². The van der Waals surface area contributed by atoms with Gasteiger partial charge in [-0.15, -0.1) is 0 Å². The molecule has 0 heterocycles. The average molecular weight is 274 g/mol. The third-order valence-corrected chi connectivity index (χ3v) is 2.14. The summed E-state index contributed by atoms with van der Waals surface area (Å²) in [6.45, 7) is 3.42. The van der Waals surface area contributed by atoms with Crippen molar-refractivity contribution in [1.29, 1.82) is 0 Å². The highest BCUT2D eigenvalue weighted by Gasteiger charge is 2.32. The zero-order valence-electron chi connectivity index (χ0n) is 11.3. The first-order chi connectivity index (χ1) is 8.96. The molecule has 0 N–H and O–H groups in total. The van der Waals surface area contributed by atoms with Crippen LogP contribution in [0.25, 0.3) is 0 Å². The van der Waals surface area contributed by atoms with E-state index in [4.69, 9.17) is 0 Å². The predicted molar refractivity (Wildman–Crippen MR) is 63.0 cm³/mol. The molecule has 1 atom stereocenters. The molecule has 0 radical (unpaired) electrons. The van der Waals surface area contributed by atoms with Crippen LogP contribution < -0.4 is 0 Å². The average Bonchev–Trinajstić information content (AvgIpc) is 2.35. The van der Waals surface area contributed by atoms with Crippen molar-refractivity contribution in [1.82, 2.24) is 0 Å².